The zero-order valence-corrected chi connectivity index (χ0v) is 41.7. The van der Waals surface area contributed by atoms with Crippen LogP contribution < -0.4 is 15.7 Å². The van der Waals surface area contributed by atoms with Crippen LogP contribution in [-0.2, 0) is 56.1 Å². The number of carbonyl (C=O) groups is 1. The van der Waals surface area contributed by atoms with E-state index in [1.165, 1.54) is 30.3 Å². The van der Waals surface area contributed by atoms with E-state index in [0.29, 0.717) is 78.4 Å². The summed E-state index contributed by atoms with van der Waals surface area (Å²) in [6.45, 7) is 10.1. The first-order valence-electron chi connectivity index (χ1n) is 21.8. The zero-order valence-electron chi connectivity index (χ0n) is 38.5. The highest BCUT2D eigenvalue weighted by Gasteiger charge is 2.46. The van der Waals surface area contributed by atoms with Gasteiger partial charge in [-0.25, -0.2) is 8.42 Å². The number of allylic oxidation sites excluding steroid dienone is 6. The zero-order chi connectivity index (χ0) is 51.5. The molecule has 23 heteroatoms. The number of nitrogens with one attached hydrogen (secondary N) is 1. The first kappa shape index (κ1) is 52.2. The average molecular weight is 1040 g/mol. The standard InChI is InChI=1S/C47H50BN3O15S4/c1-6-50-37-21-19-33-35(25-31(67(55,56)57)27-39(33)69(61,62)63)44(37)46(2,3)41(50)16-9-7-10-17-42-47(4,5)45-36-26-32(68(58,59)60)28-40(70(64,65)66)34(36)20-22-38(45)51(42)23-12-8-11-18-43(52)49-30-15-13-14-29(24-30)48(53)54/h7,9-10,13-17,19-22,24-28,53-54H,6,8,11-12,18,23H2,1-5H3,(H4-,49,52,55,56,57,58,59,60,61,62,63,64,65,66). The van der Waals surface area contributed by atoms with Gasteiger partial charge in [-0.1, -0.05) is 50.3 Å². The van der Waals surface area contributed by atoms with Gasteiger partial charge in [-0.2, -0.15) is 29.8 Å². The number of nitrogens with zero attached hydrogens (tertiary/aromatic N) is 2. The van der Waals surface area contributed by atoms with Crippen molar-refractivity contribution < 1.29 is 71.3 Å². The van der Waals surface area contributed by atoms with Crippen molar-refractivity contribution in [1.82, 2.24) is 0 Å². The molecule has 0 saturated carbocycles. The predicted octanol–water partition coefficient (Wildman–Crippen LogP) is 5.71. The first-order valence-corrected chi connectivity index (χ1v) is 27.6. The molecule has 6 N–H and O–H groups in total. The number of anilines is 2. The second-order valence-corrected chi connectivity index (χ2v) is 23.6. The van der Waals surface area contributed by atoms with E-state index in [0.717, 1.165) is 11.8 Å². The van der Waals surface area contributed by atoms with Crippen LogP contribution in [0, 0.1) is 0 Å². The highest BCUT2D eigenvalue weighted by molar-refractivity contribution is 7.87. The molecule has 7 rings (SSSR count). The van der Waals surface area contributed by atoms with Crippen molar-refractivity contribution >= 4 is 103 Å². The lowest BCUT2D eigenvalue weighted by Gasteiger charge is -2.26. The molecule has 0 spiro atoms. The molecule has 2 heterocycles. The van der Waals surface area contributed by atoms with Crippen LogP contribution in [0.4, 0.5) is 17.1 Å². The highest BCUT2D eigenvalue weighted by Crippen LogP contribution is 2.52. The summed E-state index contributed by atoms with van der Waals surface area (Å²) >= 11 is 0. The summed E-state index contributed by atoms with van der Waals surface area (Å²) in [5, 5.41) is 22.1. The van der Waals surface area contributed by atoms with Crippen LogP contribution in [0.5, 0.6) is 0 Å². The molecule has 0 aliphatic carbocycles. The molecule has 5 aromatic rings. The van der Waals surface area contributed by atoms with Gasteiger partial charge < -0.3 is 24.8 Å². The van der Waals surface area contributed by atoms with Crippen LogP contribution in [0.25, 0.3) is 21.5 Å². The van der Waals surface area contributed by atoms with Crippen molar-refractivity contribution in [2.24, 2.45) is 0 Å². The van der Waals surface area contributed by atoms with E-state index in [1.54, 1.807) is 42.5 Å². The molecular formula is C47H50BN3O15S4. The van der Waals surface area contributed by atoms with E-state index >= 15 is 0 Å². The van der Waals surface area contributed by atoms with Crippen molar-refractivity contribution in [3.63, 3.8) is 0 Å². The molecule has 0 unspecified atom stereocenters. The van der Waals surface area contributed by atoms with Crippen molar-refractivity contribution in [1.29, 1.82) is 0 Å². The summed E-state index contributed by atoms with van der Waals surface area (Å²) < 4.78 is 144. The molecule has 370 valence electrons. The Kier molecular flexibility index (Phi) is 14.1. The van der Waals surface area contributed by atoms with Crippen LogP contribution in [-0.4, -0.2) is 98.3 Å². The minimum atomic E-state index is -5.24. The number of benzene rings is 5. The van der Waals surface area contributed by atoms with Gasteiger partial charge in [0, 0.05) is 70.4 Å². The third kappa shape index (κ3) is 10.1. The predicted molar refractivity (Wildman–Crippen MR) is 264 cm³/mol. The molecule has 5 aromatic carbocycles. The maximum atomic E-state index is 12.8. The normalized spacial score (nSPS) is 16.6. The Bertz CT molecular complexity index is 3600. The molecule has 1 amide bonds. The smallest absolute Gasteiger partial charge is 0.488 e. The van der Waals surface area contributed by atoms with E-state index in [-0.39, 0.29) is 39.3 Å². The topological polar surface area (TPSA) is 296 Å². The minimum absolute atomic E-state index is 0.0344. The summed E-state index contributed by atoms with van der Waals surface area (Å²) in [5.41, 5.74) is 2.47. The lowest BCUT2D eigenvalue weighted by molar-refractivity contribution is -0.438. The molecule has 0 radical (unpaired) electrons. The van der Waals surface area contributed by atoms with Gasteiger partial charge in [-0.3, -0.25) is 18.5 Å². The van der Waals surface area contributed by atoms with Gasteiger partial charge in [0.05, 0.1) is 20.1 Å². The SMILES string of the molecule is CCN1/C(=C/C=C/C=C/C2=[N+](CCCCCC(=O)Nc3cccc(B(O)O)c3)c3ccc4c(S(=O)(=O)[O-])cc(S(=O)(=O)O)cc4c3C2(C)C)C(C)(C)c2c1ccc1c(S(=O)(=O)O)cc(S(=O)(=O)O)cc21. The highest BCUT2D eigenvalue weighted by atomic mass is 32.2. The number of carbonyl (C=O) groups excluding carboxylic acids is 1. The third-order valence-electron chi connectivity index (χ3n) is 12.7. The maximum absolute atomic E-state index is 12.8. The van der Waals surface area contributed by atoms with Crippen molar-refractivity contribution in [2.45, 2.75) is 90.7 Å². The van der Waals surface area contributed by atoms with Gasteiger partial charge in [-0.15, -0.1) is 0 Å². The Morgan fingerprint density at radius 1 is 0.714 bits per heavy atom. The Hall–Kier alpha value is -5.60. The number of fused-ring (bicyclic) bond motifs is 6. The van der Waals surface area contributed by atoms with Crippen LogP contribution >= 0.6 is 0 Å². The lowest BCUT2D eigenvalue weighted by atomic mass is 9.79. The van der Waals surface area contributed by atoms with Gasteiger partial charge in [0.25, 0.3) is 30.4 Å². The Morgan fingerprint density at radius 2 is 1.33 bits per heavy atom. The van der Waals surface area contributed by atoms with Gasteiger partial charge in [0.15, 0.2) is 5.71 Å². The van der Waals surface area contributed by atoms with Crippen molar-refractivity contribution in [3.8, 4) is 0 Å². The van der Waals surface area contributed by atoms with Crippen LogP contribution in [0.2, 0.25) is 0 Å². The van der Waals surface area contributed by atoms with E-state index in [4.69, 9.17) is 0 Å². The number of unbranched alkanes of at least 4 members (excludes halogenated alkanes) is 2. The molecule has 18 nitrogen and oxygen atoms in total. The third-order valence-corrected chi connectivity index (χ3v) is 16.2. The second-order valence-electron chi connectivity index (χ2n) is 18.0. The number of amides is 1. The molecule has 0 atom stereocenters. The molecule has 0 fully saturated rings. The fourth-order valence-corrected chi connectivity index (χ4v) is 12.3. The quantitative estimate of drug-likeness (QED) is 0.0227. The number of hydrogen-bond acceptors (Lipinski definition) is 13. The van der Waals surface area contributed by atoms with E-state index in [9.17, 15) is 66.7 Å². The van der Waals surface area contributed by atoms with Gasteiger partial charge in [0.1, 0.15) is 21.6 Å². The van der Waals surface area contributed by atoms with Crippen molar-refractivity contribution in [3.05, 3.63) is 120 Å². The van der Waals surface area contributed by atoms with Crippen LogP contribution in [0.3, 0.4) is 0 Å². The van der Waals surface area contributed by atoms with Gasteiger partial charge >= 0.3 is 7.12 Å². The Labute approximate surface area is 406 Å². The second kappa shape index (κ2) is 18.9. The molecular weight excluding hydrogens is 986 g/mol. The van der Waals surface area contributed by atoms with Crippen LogP contribution in [0.1, 0.15) is 71.4 Å². The fraction of sp³-hybridized carbons (Fsp3) is 0.277. The van der Waals surface area contributed by atoms with E-state index in [1.807, 2.05) is 56.2 Å². The molecule has 0 bridgehead atoms. The Morgan fingerprint density at radius 3 is 1.93 bits per heavy atom. The number of rotatable bonds is 16. The summed E-state index contributed by atoms with van der Waals surface area (Å²) in [6, 6.07) is 16.1. The van der Waals surface area contributed by atoms with Crippen LogP contribution in [0.15, 0.2) is 128 Å². The van der Waals surface area contributed by atoms with E-state index in [2.05, 4.69) is 5.32 Å². The van der Waals surface area contributed by atoms with E-state index < -0.39 is 78.0 Å². The monoisotopic (exact) mass is 1040 g/mol. The average Bonchev–Trinajstić information content (AvgIpc) is 3.62. The van der Waals surface area contributed by atoms with Gasteiger partial charge in [0.2, 0.25) is 11.6 Å². The summed E-state index contributed by atoms with van der Waals surface area (Å²) in [7, 11) is -21.7. The lowest BCUT2D eigenvalue weighted by Crippen LogP contribution is -2.30. The minimum Gasteiger partial charge on any atom is -0.744 e. The number of hydrogen-bond donors (Lipinski definition) is 6. The summed E-state index contributed by atoms with van der Waals surface area (Å²) in [6.07, 6.45) is 10.7. The molecule has 0 saturated heterocycles. The van der Waals surface area contributed by atoms with Crippen molar-refractivity contribution in [2.75, 3.05) is 23.3 Å². The molecule has 2 aliphatic rings. The summed E-state index contributed by atoms with van der Waals surface area (Å²) in [5.74, 6) is -0.280. The molecule has 70 heavy (non-hydrogen) atoms. The first-order chi connectivity index (χ1) is 32.5. The summed E-state index contributed by atoms with van der Waals surface area (Å²) in [4.78, 5) is 11.8. The molecule has 2 aliphatic heterocycles. The number of likely N-dealkylation sites (N-methyl/N-ethyl adjacent to an activating group) is 1. The largest absolute Gasteiger partial charge is 0.744 e. The maximum Gasteiger partial charge on any atom is 0.488 e. The fourth-order valence-electron chi connectivity index (χ4n) is 9.67. The molecule has 0 aromatic heterocycles. The van der Waals surface area contributed by atoms with Gasteiger partial charge in [-0.05, 0) is 110 Å². The Balaban J connectivity index is 1.24.